The molecule has 0 radical (unpaired) electrons. The summed E-state index contributed by atoms with van der Waals surface area (Å²) in [4.78, 5) is 28.4. The lowest BCUT2D eigenvalue weighted by Gasteiger charge is -2.08. The molecule has 4 aromatic rings. The molecule has 0 spiro atoms. The second-order valence-electron chi connectivity index (χ2n) is 7.00. The van der Waals surface area contributed by atoms with Crippen LogP contribution >= 0.6 is 11.3 Å². The van der Waals surface area contributed by atoms with Gasteiger partial charge in [0.1, 0.15) is 5.01 Å². The average molecular weight is 450 g/mol. The molecule has 1 aromatic heterocycles. The van der Waals surface area contributed by atoms with E-state index in [2.05, 4.69) is 16.4 Å². The van der Waals surface area contributed by atoms with Crippen LogP contribution < -0.4 is 10.1 Å². The van der Waals surface area contributed by atoms with Gasteiger partial charge in [-0.25, -0.2) is 14.2 Å². The van der Waals surface area contributed by atoms with Crippen molar-refractivity contribution in [2.45, 2.75) is 6.92 Å². The van der Waals surface area contributed by atoms with Crippen LogP contribution in [0.4, 0.5) is 10.1 Å². The molecule has 1 amide bonds. The second kappa shape index (κ2) is 9.57. The molecule has 162 valence electrons. The van der Waals surface area contributed by atoms with Crippen molar-refractivity contribution in [3.05, 3.63) is 78.1 Å². The fraction of sp³-hybridized carbons (Fsp3) is 0.125. The van der Waals surface area contributed by atoms with Gasteiger partial charge >= 0.3 is 5.97 Å². The number of rotatable bonds is 7. The summed E-state index contributed by atoms with van der Waals surface area (Å²) in [7, 11) is 0. The predicted molar refractivity (Wildman–Crippen MR) is 121 cm³/mol. The Hall–Kier alpha value is -3.78. The molecule has 4 rings (SSSR count). The third-order valence-electron chi connectivity index (χ3n) is 4.51. The van der Waals surface area contributed by atoms with Gasteiger partial charge in [-0.1, -0.05) is 18.2 Å². The molecule has 1 N–H and O–H groups in total. The first-order valence-corrected chi connectivity index (χ1v) is 10.6. The number of thiazole rings is 1. The first-order chi connectivity index (χ1) is 15.5. The quantitative estimate of drug-likeness (QED) is 0.402. The Labute approximate surface area is 187 Å². The lowest BCUT2D eigenvalue weighted by Crippen LogP contribution is -2.23. The fourth-order valence-electron chi connectivity index (χ4n) is 2.93. The summed E-state index contributed by atoms with van der Waals surface area (Å²) in [6, 6.07) is 19.1. The maximum absolute atomic E-state index is 13.5. The summed E-state index contributed by atoms with van der Waals surface area (Å²) >= 11 is 1.61. The van der Waals surface area contributed by atoms with Gasteiger partial charge in [-0.3, -0.25) is 4.79 Å². The van der Waals surface area contributed by atoms with Crippen LogP contribution in [-0.2, 0) is 14.3 Å². The molecule has 3 aromatic carbocycles. The Bertz CT molecular complexity index is 1270. The molecule has 0 saturated carbocycles. The van der Waals surface area contributed by atoms with E-state index < -0.39 is 30.9 Å². The highest BCUT2D eigenvalue weighted by Gasteiger charge is 2.11. The number of para-hydroxylation sites is 1. The van der Waals surface area contributed by atoms with E-state index in [1.54, 1.807) is 29.5 Å². The minimum Gasteiger partial charge on any atom is -0.479 e. The average Bonchev–Trinajstić information content (AvgIpc) is 3.21. The van der Waals surface area contributed by atoms with Gasteiger partial charge in [-0.2, -0.15) is 0 Å². The first kappa shape index (κ1) is 21.5. The van der Waals surface area contributed by atoms with Gasteiger partial charge in [0.25, 0.3) is 5.91 Å². The zero-order valence-electron chi connectivity index (χ0n) is 17.1. The van der Waals surface area contributed by atoms with E-state index in [-0.39, 0.29) is 5.75 Å². The molecule has 0 aliphatic carbocycles. The minimum absolute atomic E-state index is 0.0581. The van der Waals surface area contributed by atoms with E-state index in [4.69, 9.17) is 9.47 Å². The van der Waals surface area contributed by atoms with Crippen molar-refractivity contribution in [3.8, 4) is 16.3 Å². The van der Waals surface area contributed by atoms with Crippen molar-refractivity contribution < 1.29 is 23.5 Å². The molecule has 0 bridgehead atoms. The summed E-state index contributed by atoms with van der Waals surface area (Å²) in [5, 5.41) is 3.55. The van der Waals surface area contributed by atoms with Gasteiger partial charge in [0, 0.05) is 11.3 Å². The molecule has 1 heterocycles. The number of nitrogens with one attached hydrogen (secondary N) is 1. The van der Waals surface area contributed by atoms with Crippen LogP contribution in [0.15, 0.2) is 66.7 Å². The van der Waals surface area contributed by atoms with Crippen LogP contribution in [0, 0.1) is 12.7 Å². The van der Waals surface area contributed by atoms with Crippen molar-refractivity contribution in [2.75, 3.05) is 18.5 Å². The zero-order chi connectivity index (χ0) is 22.5. The fourth-order valence-corrected chi connectivity index (χ4v) is 4.00. The molecule has 0 atom stereocenters. The lowest BCUT2D eigenvalue weighted by molar-refractivity contribution is -0.149. The number of aromatic nitrogens is 1. The van der Waals surface area contributed by atoms with Crippen molar-refractivity contribution >= 4 is 39.1 Å². The van der Waals surface area contributed by atoms with Gasteiger partial charge in [0.2, 0.25) is 0 Å². The van der Waals surface area contributed by atoms with Crippen molar-refractivity contribution in [1.29, 1.82) is 0 Å². The van der Waals surface area contributed by atoms with Gasteiger partial charge in [-0.15, -0.1) is 11.3 Å². The number of aryl methyl sites for hydroxylation is 1. The van der Waals surface area contributed by atoms with Crippen molar-refractivity contribution in [2.24, 2.45) is 0 Å². The molecular formula is C24H19FN2O4S. The van der Waals surface area contributed by atoms with Crippen LogP contribution in [0.3, 0.4) is 0 Å². The Morgan fingerprint density at radius 3 is 2.59 bits per heavy atom. The molecule has 0 fully saturated rings. The van der Waals surface area contributed by atoms with E-state index in [1.807, 2.05) is 31.2 Å². The highest BCUT2D eigenvalue weighted by atomic mass is 32.1. The number of ether oxygens (including phenoxy) is 2. The number of carbonyl (C=O) groups is 2. The SMILES string of the molecule is Cc1ccc2nc(-c3ccc(NC(=O)COC(=O)COc4ccccc4F)cc3)sc2c1. The minimum atomic E-state index is -0.773. The van der Waals surface area contributed by atoms with Crippen LogP contribution in [0.5, 0.6) is 5.75 Å². The largest absolute Gasteiger partial charge is 0.479 e. The van der Waals surface area contributed by atoms with E-state index in [1.165, 1.54) is 23.8 Å². The smallest absolute Gasteiger partial charge is 0.344 e. The summed E-state index contributed by atoms with van der Waals surface area (Å²) in [6.45, 7) is 1.08. The number of benzene rings is 3. The number of fused-ring (bicyclic) bond motifs is 1. The Morgan fingerprint density at radius 2 is 1.81 bits per heavy atom. The monoisotopic (exact) mass is 450 g/mol. The Balaban J connectivity index is 1.28. The van der Waals surface area contributed by atoms with Crippen LogP contribution in [-0.4, -0.2) is 30.1 Å². The number of amides is 1. The third-order valence-corrected chi connectivity index (χ3v) is 5.57. The summed E-state index contributed by atoms with van der Waals surface area (Å²) in [5.74, 6) is -1.91. The second-order valence-corrected chi connectivity index (χ2v) is 8.03. The number of nitrogens with zero attached hydrogens (tertiary/aromatic N) is 1. The number of anilines is 1. The number of hydrogen-bond donors (Lipinski definition) is 1. The number of carbonyl (C=O) groups excluding carboxylic acids is 2. The zero-order valence-corrected chi connectivity index (χ0v) is 17.9. The van der Waals surface area contributed by atoms with Crippen LogP contribution in [0.2, 0.25) is 0 Å². The molecule has 0 saturated heterocycles. The van der Waals surface area contributed by atoms with Gasteiger partial charge < -0.3 is 14.8 Å². The Kier molecular flexibility index (Phi) is 6.42. The Morgan fingerprint density at radius 1 is 1.03 bits per heavy atom. The first-order valence-electron chi connectivity index (χ1n) is 9.78. The van der Waals surface area contributed by atoms with E-state index in [0.717, 1.165) is 20.8 Å². The van der Waals surface area contributed by atoms with Crippen LogP contribution in [0.25, 0.3) is 20.8 Å². The van der Waals surface area contributed by atoms with Crippen molar-refractivity contribution in [1.82, 2.24) is 4.98 Å². The highest BCUT2D eigenvalue weighted by molar-refractivity contribution is 7.21. The van der Waals surface area contributed by atoms with Crippen molar-refractivity contribution in [3.63, 3.8) is 0 Å². The number of hydrogen-bond acceptors (Lipinski definition) is 6. The predicted octanol–water partition coefficient (Wildman–Crippen LogP) is 4.97. The number of esters is 1. The summed E-state index contributed by atoms with van der Waals surface area (Å²) in [5.41, 5.74) is 3.65. The van der Waals surface area contributed by atoms with Gasteiger partial charge in [0.05, 0.1) is 10.2 Å². The van der Waals surface area contributed by atoms with E-state index in [0.29, 0.717) is 5.69 Å². The molecule has 32 heavy (non-hydrogen) atoms. The molecule has 0 aliphatic rings. The molecule has 8 heteroatoms. The highest BCUT2D eigenvalue weighted by Crippen LogP contribution is 2.31. The maximum atomic E-state index is 13.5. The van der Waals surface area contributed by atoms with Gasteiger partial charge in [-0.05, 0) is 61.0 Å². The third kappa shape index (κ3) is 5.28. The van der Waals surface area contributed by atoms with E-state index in [9.17, 15) is 14.0 Å². The standard InChI is InChI=1S/C24H19FN2O4S/c1-15-6-11-19-21(12-15)32-24(27-19)16-7-9-17(10-8-16)26-22(28)13-31-23(29)14-30-20-5-3-2-4-18(20)25/h2-12H,13-14H2,1H3,(H,26,28). The normalized spacial score (nSPS) is 10.7. The van der Waals surface area contributed by atoms with Crippen LogP contribution in [0.1, 0.15) is 5.56 Å². The summed E-state index contributed by atoms with van der Waals surface area (Å²) < 4.78 is 24.5. The topological polar surface area (TPSA) is 77.5 Å². The van der Waals surface area contributed by atoms with E-state index >= 15 is 0 Å². The molecular weight excluding hydrogens is 431 g/mol. The summed E-state index contributed by atoms with van der Waals surface area (Å²) in [6.07, 6.45) is 0. The number of halogens is 1. The maximum Gasteiger partial charge on any atom is 0.344 e. The molecule has 0 aliphatic heterocycles. The molecule has 0 unspecified atom stereocenters. The molecule has 6 nitrogen and oxygen atoms in total. The lowest BCUT2D eigenvalue weighted by atomic mass is 10.2. The van der Waals surface area contributed by atoms with Gasteiger partial charge in [0.15, 0.2) is 24.8 Å².